The van der Waals surface area contributed by atoms with Gasteiger partial charge in [0.2, 0.25) is 0 Å². The molecular weight excluding hydrogens is 1560 g/mol. The fourth-order valence-corrected chi connectivity index (χ4v) is 12.5. The van der Waals surface area contributed by atoms with Crippen LogP contribution in [0.5, 0.6) is 0 Å². The molecule has 0 saturated heterocycles. The van der Waals surface area contributed by atoms with Gasteiger partial charge >= 0.3 is 103 Å². The van der Waals surface area contributed by atoms with Gasteiger partial charge in [0.05, 0.1) is 103 Å². The van der Waals surface area contributed by atoms with E-state index in [0.29, 0.717) is 123 Å². The maximum Gasteiger partial charge on any atom is 1.00 e. The van der Waals surface area contributed by atoms with Crippen molar-refractivity contribution in [3.8, 4) is 24.3 Å². The van der Waals surface area contributed by atoms with E-state index in [9.17, 15) is 39.8 Å². The van der Waals surface area contributed by atoms with Crippen LogP contribution in [-0.2, 0) is 48.6 Å². The number of halogens is 3. The van der Waals surface area contributed by atoms with Crippen LogP contribution in [-0.4, -0.2) is 96.5 Å². The van der Waals surface area contributed by atoms with Crippen LogP contribution in [0.4, 0.5) is 0 Å². The van der Waals surface area contributed by atoms with Crippen molar-refractivity contribution in [2.45, 2.75) is 38.9 Å². The molecule has 113 heavy (non-hydrogen) atoms. The molecule has 0 aliphatic heterocycles. The van der Waals surface area contributed by atoms with E-state index < -0.39 is 11.8 Å². The molecule has 15 rings (SSSR count). The number of hydrogen-bond acceptors (Lipinski definition) is 21. The number of carbonyl (C=O) groups is 6. The molecule has 0 atom stereocenters. The average Bonchev–Trinajstić information content (AvgIpc) is 1.29. The van der Waals surface area contributed by atoms with E-state index in [1.165, 1.54) is 18.6 Å². The van der Waals surface area contributed by atoms with Crippen molar-refractivity contribution in [3.63, 3.8) is 0 Å². The molecule has 0 radical (unpaired) electrons. The van der Waals surface area contributed by atoms with E-state index >= 15 is 0 Å². The minimum atomic E-state index is -0.618. The summed E-state index contributed by atoms with van der Waals surface area (Å²) in [6, 6.07) is 50.0. The van der Waals surface area contributed by atoms with Crippen molar-refractivity contribution in [1.29, 1.82) is 21.0 Å². The second-order valence-electron chi connectivity index (χ2n) is 24.5. The summed E-state index contributed by atoms with van der Waals surface area (Å²) in [5, 5.41) is 81.9. The molecule has 0 aliphatic rings. The Balaban J connectivity index is 0.000000189. The number of aromatic nitrogens is 12. The summed E-state index contributed by atoms with van der Waals surface area (Å²) in [6.45, 7) is 0.570. The molecule has 0 bridgehead atoms. The molecule has 29 nitrogen and oxygen atoms in total. The maximum atomic E-state index is 12.8. The van der Waals surface area contributed by atoms with Gasteiger partial charge in [-0.15, -0.1) is 0 Å². The van der Waals surface area contributed by atoms with Gasteiger partial charge in [-0.2, -0.15) is 36.3 Å². The van der Waals surface area contributed by atoms with Crippen molar-refractivity contribution < 1.29 is 143 Å². The van der Waals surface area contributed by atoms with Gasteiger partial charge in [-0.25, -0.2) is 0 Å². The number of nitrogens with zero attached hydrogens (tertiary/aromatic N) is 13. The zero-order valence-electron chi connectivity index (χ0n) is 60.5. The van der Waals surface area contributed by atoms with Crippen LogP contribution in [0.3, 0.4) is 0 Å². The molecule has 15 aromatic rings. The Morgan fingerprint density at radius 3 is 1.07 bits per heavy atom. The van der Waals surface area contributed by atoms with Gasteiger partial charge in [-0.1, -0.05) is 34.8 Å². The number of benzene rings is 6. The number of fused-ring (bicyclic) bond motifs is 6. The van der Waals surface area contributed by atoms with Gasteiger partial charge in [0.25, 0.3) is 36.0 Å². The summed E-state index contributed by atoms with van der Waals surface area (Å²) in [6.07, 6.45) is 10.0. The number of carbonyl (C=O) groups excluding carboxylic acids is 6. The number of rotatable bonds is 18. The SMILES string of the molecule is N#Cc1cnc2c(C#N)cc(Cc3cc(C(=O)NCc4[nH]nc5ccc(Cl)cc45)ccn3)cc2c1.N#Cc1cnc2c(C(N)=O)cc(Cc3cc(C(=O)NCc4[nH]nc5ccc(Cl)cc45)ccn3)cc2c1.N#Cc1cnc2c(C(N)=O)cc(Cc3cc(C(=O)NCc4[nH]nc5ccc(Cl)cc45)ccn3)cc2c1.O=CO[O-].[H-].[K+].[K+]. The number of primary amides is 2. The van der Waals surface area contributed by atoms with E-state index in [1.54, 1.807) is 128 Å². The van der Waals surface area contributed by atoms with Crippen LogP contribution in [0.1, 0.15) is 126 Å². The Kier molecular flexibility index (Phi) is 28.9. The predicted octanol–water partition coefficient (Wildman–Crippen LogP) is 4.28. The second kappa shape index (κ2) is 39.0. The van der Waals surface area contributed by atoms with Crippen molar-refractivity contribution in [3.05, 3.63) is 299 Å². The minimum absolute atomic E-state index is 0. The first-order chi connectivity index (χ1) is 53.8. The topological polar surface area (TPSA) is 481 Å². The van der Waals surface area contributed by atoms with E-state index in [2.05, 4.69) is 93.5 Å². The van der Waals surface area contributed by atoms with Gasteiger partial charge in [-0.3, -0.25) is 74.0 Å². The van der Waals surface area contributed by atoms with E-state index in [0.717, 1.165) is 66.5 Å². The first kappa shape index (κ1) is 83.8. The molecule has 10 N–H and O–H groups in total. The minimum Gasteiger partial charge on any atom is -1.00 e. The first-order valence-electron chi connectivity index (χ1n) is 33.0. The van der Waals surface area contributed by atoms with Crippen LogP contribution >= 0.6 is 34.8 Å². The molecule has 34 heteroatoms. The molecule has 546 valence electrons. The Morgan fingerprint density at radius 1 is 0.442 bits per heavy atom. The van der Waals surface area contributed by atoms with Crippen LogP contribution < -0.4 is 135 Å². The third-order valence-corrected chi connectivity index (χ3v) is 17.8. The third-order valence-electron chi connectivity index (χ3n) is 17.1. The number of nitrogens with two attached hydrogens (primary N) is 2. The van der Waals surface area contributed by atoms with Gasteiger partial charge in [0, 0.05) is 138 Å². The summed E-state index contributed by atoms with van der Waals surface area (Å²) in [4.78, 5) is 99.6. The quantitative estimate of drug-likeness (QED) is 0.0257. The predicted molar refractivity (Wildman–Crippen MR) is 407 cm³/mol. The van der Waals surface area contributed by atoms with E-state index in [4.69, 9.17) is 61.6 Å². The molecule has 0 saturated carbocycles. The zero-order chi connectivity index (χ0) is 78.2. The van der Waals surface area contributed by atoms with Crippen molar-refractivity contribution in [1.82, 2.24) is 76.4 Å². The van der Waals surface area contributed by atoms with E-state index in [1.807, 2.05) is 48.5 Å². The van der Waals surface area contributed by atoms with Crippen LogP contribution in [0, 0.1) is 45.3 Å². The largest absolute Gasteiger partial charge is 1.00 e. The number of nitriles is 4. The van der Waals surface area contributed by atoms with Crippen LogP contribution in [0.25, 0.3) is 65.4 Å². The Morgan fingerprint density at radius 2 is 0.761 bits per heavy atom. The second-order valence-corrected chi connectivity index (χ2v) is 25.8. The fourth-order valence-electron chi connectivity index (χ4n) is 12.0. The summed E-state index contributed by atoms with van der Waals surface area (Å²) in [5.74, 6) is -2.04. The molecule has 9 aromatic heterocycles. The maximum absolute atomic E-state index is 12.8. The number of hydrogen-bond donors (Lipinski definition) is 8. The Bertz CT molecular complexity index is 6170. The monoisotopic (exact) mass is 1610 g/mol. The van der Waals surface area contributed by atoms with E-state index in [-0.39, 0.29) is 159 Å². The smallest absolute Gasteiger partial charge is 1.00 e. The molecule has 9 heterocycles. The summed E-state index contributed by atoms with van der Waals surface area (Å²) >= 11 is 18.3. The molecule has 0 fully saturated rings. The Hall–Kier alpha value is -11.7. The number of amides is 5. The molecular formula is C79H54Cl3K2N21O8. The zero-order valence-corrected chi connectivity index (χ0v) is 68.0. The van der Waals surface area contributed by atoms with Crippen LogP contribution in [0.2, 0.25) is 15.1 Å². The standard InChI is InChI=1S/2C26H18ClN7O2.C26H16ClN7O.CH2O3.2K.H/c2*27-18-1-2-22-20(10-18)23(34-33-22)13-32-26(36)16-3-4-30-19(9-16)7-14-5-17-6-15(11-28)12-31-24(17)21(8-14)25(29)35;27-20-1-2-23-22(10-20)24(34-33-23)14-32-26(35)17-3-4-30-21(9-17)8-15-5-18-7-16(11-28)13-31-25(18)19(6-15)12-29;2-1-4-3;;;/h2*1-6,8-10,12H,7,13H2,(H2,29,35)(H,32,36)(H,33,34);1-7,9-10,13H,8,14H2,(H,32,35)(H,33,34);1,3H;;;/q;;;;2*+1;-1/p-1. The number of pyridine rings is 6. The first-order valence-corrected chi connectivity index (χ1v) is 34.2. The van der Waals surface area contributed by atoms with Crippen molar-refractivity contribution in [2.75, 3.05) is 0 Å². The van der Waals surface area contributed by atoms with Gasteiger partial charge in [-0.05, 0) is 162 Å². The third kappa shape index (κ3) is 20.9. The Labute approximate surface area is 741 Å². The molecule has 0 spiro atoms. The molecule has 5 amide bonds. The molecule has 6 aromatic carbocycles. The van der Waals surface area contributed by atoms with Gasteiger partial charge < -0.3 is 39.0 Å². The molecule has 0 aliphatic carbocycles. The van der Waals surface area contributed by atoms with Gasteiger partial charge in [0.15, 0.2) is 0 Å². The normalized spacial score (nSPS) is 10.4. The van der Waals surface area contributed by atoms with Gasteiger partial charge in [0.1, 0.15) is 24.3 Å². The number of nitrogens with one attached hydrogen (secondary N) is 6. The molecule has 0 unspecified atom stereocenters. The average molecular weight is 1610 g/mol. The summed E-state index contributed by atoms with van der Waals surface area (Å²) < 4.78 is 0. The van der Waals surface area contributed by atoms with Crippen LogP contribution in [0.15, 0.2) is 183 Å². The van der Waals surface area contributed by atoms with Crippen molar-refractivity contribution >= 4 is 136 Å². The number of H-pyrrole nitrogens is 3. The number of aromatic amines is 3. The summed E-state index contributed by atoms with van der Waals surface area (Å²) in [7, 11) is 0. The summed E-state index contributed by atoms with van der Waals surface area (Å²) in [5.41, 5.74) is 24.8. The fraction of sp³-hybridized carbons (Fsp3) is 0.0759. The van der Waals surface area contributed by atoms with Crippen molar-refractivity contribution in [2.24, 2.45) is 11.5 Å².